The topological polar surface area (TPSA) is 65.0 Å². The first kappa shape index (κ1) is 16.4. The van der Waals surface area contributed by atoms with E-state index in [1.807, 2.05) is 0 Å². The van der Waals surface area contributed by atoms with Gasteiger partial charge in [-0.05, 0) is 20.3 Å². The van der Waals surface area contributed by atoms with Crippen molar-refractivity contribution in [3.05, 3.63) is 16.7 Å². The maximum Gasteiger partial charge on any atom is 0.309 e. The molecule has 1 rings (SSSR count). The molecular formula is C14H19ClO5. The molecule has 0 amide bonds. The van der Waals surface area contributed by atoms with Crippen molar-refractivity contribution in [2.75, 3.05) is 21.3 Å². The van der Waals surface area contributed by atoms with Crippen molar-refractivity contribution in [2.45, 2.75) is 20.3 Å². The van der Waals surface area contributed by atoms with Gasteiger partial charge in [-0.25, -0.2) is 0 Å². The molecule has 0 bridgehead atoms. The van der Waals surface area contributed by atoms with Crippen molar-refractivity contribution in [3.8, 4) is 17.2 Å². The van der Waals surface area contributed by atoms with Crippen molar-refractivity contribution >= 4 is 17.6 Å². The highest BCUT2D eigenvalue weighted by Crippen LogP contribution is 2.44. The summed E-state index contributed by atoms with van der Waals surface area (Å²) in [6.45, 7) is 3.25. The van der Waals surface area contributed by atoms with E-state index in [1.54, 1.807) is 19.9 Å². The highest BCUT2D eigenvalue weighted by atomic mass is 35.5. The lowest BCUT2D eigenvalue weighted by Crippen LogP contribution is -2.26. The minimum atomic E-state index is -0.976. The van der Waals surface area contributed by atoms with E-state index in [2.05, 4.69) is 0 Å². The molecular weight excluding hydrogens is 284 g/mol. The van der Waals surface area contributed by atoms with Gasteiger partial charge in [0, 0.05) is 11.6 Å². The van der Waals surface area contributed by atoms with E-state index in [9.17, 15) is 9.90 Å². The Balaban J connectivity index is 3.41. The molecule has 6 heteroatoms. The molecule has 0 aliphatic carbocycles. The zero-order chi connectivity index (χ0) is 15.5. The summed E-state index contributed by atoms with van der Waals surface area (Å²) in [4.78, 5) is 11.3. The molecule has 0 aliphatic rings. The molecule has 0 aliphatic heterocycles. The van der Waals surface area contributed by atoms with Crippen LogP contribution in [0, 0.1) is 5.41 Å². The van der Waals surface area contributed by atoms with E-state index in [-0.39, 0.29) is 6.42 Å². The first-order chi connectivity index (χ1) is 9.28. The number of ether oxygens (including phenoxy) is 3. The number of hydrogen-bond acceptors (Lipinski definition) is 4. The van der Waals surface area contributed by atoms with Crippen LogP contribution in [-0.4, -0.2) is 32.4 Å². The molecule has 0 radical (unpaired) electrons. The van der Waals surface area contributed by atoms with Gasteiger partial charge in [-0.3, -0.25) is 4.79 Å². The number of benzene rings is 1. The molecule has 0 saturated carbocycles. The number of methoxy groups -OCH3 is 3. The number of carboxylic acid groups (broad SMARTS) is 1. The lowest BCUT2D eigenvalue weighted by molar-refractivity contribution is -0.146. The minimum absolute atomic E-state index is 0.213. The molecule has 1 aromatic rings. The van der Waals surface area contributed by atoms with Crippen LogP contribution in [0.3, 0.4) is 0 Å². The number of hydrogen-bond donors (Lipinski definition) is 1. The summed E-state index contributed by atoms with van der Waals surface area (Å²) in [6, 6.07) is 1.64. The van der Waals surface area contributed by atoms with Gasteiger partial charge in [0.1, 0.15) is 5.75 Å². The average Bonchev–Trinajstić information content (AvgIpc) is 2.40. The van der Waals surface area contributed by atoms with E-state index in [4.69, 9.17) is 25.8 Å². The smallest absolute Gasteiger partial charge is 0.309 e. The lowest BCUT2D eigenvalue weighted by atomic mass is 9.85. The van der Waals surface area contributed by atoms with Crippen LogP contribution < -0.4 is 14.2 Å². The van der Waals surface area contributed by atoms with Crippen LogP contribution in [0.25, 0.3) is 0 Å². The van der Waals surface area contributed by atoms with Crippen LogP contribution >= 0.6 is 11.6 Å². The number of aliphatic carboxylic acids is 1. The molecule has 0 spiro atoms. The molecule has 0 saturated heterocycles. The fourth-order valence-corrected chi connectivity index (χ4v) is 2.16. The van der Waals surface area contributed by atoms with Gasteiger partial charge in [0.25, 0.3) is 0 Å². The Labute approximate surface area is 123 Å². The summed E-state index contributed by atoms with van der Waals surface area (Å²) < 4.78 is 15.7. The standard InChI is InChI=1S/C14H19ClO5/c1-14(2,13(16)17)7-8-9(18-3)6-10(19-4)12(20-5)11(8)15/h6H,7H2,1-5H3,(H,16,17). The summed E-state index contributed by atoms with van der Waals surface area (Å²) in [6.07, 6.45) is 0.213. The van der Waals surface area contributed by atoms with Crippen molar-refractivity contribution < 1.29 is 24.1 Å². The Hall–Kier alpha value is -1.62. The molecule has 0 unspecified atom stereocenters. The molecule has 1 N–H and O–H groups in total. The van der Waals surface area contributed by atoms with Crippen LogP contribution in [0.2, 0.25) is 5.02 Å². The zero-order valence-electron chi connectivity index (χ0n) is 12.2. The predicted octanol–water partition coefficient (Wildman–Crippen LogP) is 3.02. The number of halogens is 1. The van der Waals surface area contributed by atoms with E-state index < -0.39 is 11.4 Å². The van der Waals surface area contributed by atoms with Gasteiger partial charge in [0.2, 0.25) is 0 Å². The minimum Gasteiger partial charge on any atom is -0.496 e. The third kappa shape index (κ3) is 3.10. The Kier molecular flexibility index (Phi) is 5.11. The first-order valence-electron chi connectivity index (χ1n) is 5.99. The second-order valence-corrected chi connectivity index (χ2v) is 5.35. The summed E-state index contributed by atoms with van der Waals surface area (Å²) in [5.74, 6) is 0.366. The molecule has 0 atom stereocenters. The molecule has 0 heterocycles. The maximum atomic E-state index is 11.3. The van der Waals surface area contributed by atoms with E-state index in [0.29, 0.717) is 27.8 Å². The van der Waals surface area contributed by atoms with Crippen LogP contribution in [0.15, 0.2) is 6.07 Å². The first-order valence-corrected chi connectivity index (χ1v) is 6.37. The van der Waals surface area contributed by atoms with Gasteiger partial charge in [-0.15, -0.1) is 0 Å². The molecule has 112 valence electrons. The molecule has 5 nitrogen and oxygen atoms in total. The van der Waals surface area contributed by atoms with Crippen LogP contribution in [0.4, 0.5) is 0 Å². The third-order valence-electron chi connectivity index (χ3n) is 3.09. The Bertz CT molecular complexity index is 511. The summed E-state index contributed by atoms with van der Waals surface area (Å²) in [7, 11) is 4.46. The highest BCUT2D eigenvalue weighted by Gasteiger charge is 2.31. The Morgan fingerprint density at radius 3 is 2.15 bits per heavy atom. The normalized spacial score (nSPS) is 11.1. The molecule has 0 aromatic heterocycles. The van der Waals surface area contributed by atoms with E-state index in [1.165, 1.54) is 21.3 Å². The monoisotopic (exact) mass is 302 g/mol. The predicted molar refractivity (Wildman–Crippen MR) is 76.2 cm³/mol. The summed E-state index contributed by atoms with van der Waals surface area (Å²) >= 11 is 6.31. The van der Waals surface area contributed by atoms with Gasteiger partial charge >= 0.3 is 5.97 Å². The fourth-order valence-electron chi connectivity index (χ4n) is 1.83. The SMILES string of the molecule is COc1cc(OC)c(OC)c(Cl)c1CC(C)(C)C(=O)O. The molecule has 20 heavy (non-hydrogen) atoms. The van der Waals surface area contributed by atoms with Crippen molar-refractivity contribution in [3.63, 3.8) is 0 Å². The van der Waals surface area contributed by atoms with Crippen molar-refractivity contribution in [2.24, 2.45) is 5.41 Å². The van der Waals surface area contributed by atoms with Crippen molar-refractivity contribution in [1.82, 2.24) is 0 Å². The molecule has 0 fully saturated rings. The average molecular weight is 303 g/mol. The summed E-state index contributed by atoms with van der Waals surface area (Å²) in [5.41, 5.74) is -0.393. The van der Waals surface area contributed by atoms with Gasteiger partial charge in [0.15, 0.2) is 11.5 Å². The number of carbonyl (C=O) groups is 1. The highest BCUT2D eigenvalue weighted by molar-refractivity contribution is 6.33. The van der Waals surface area contributed by atoms with Gasteiger partial charge < -0.3 is 19.3 Å². The number of carboxylic acids is 1. The number of rotatable bonds is 6. The van der Waals surface area contributed by atoms with Crippen molar-refractivity contribution in [1.29, 1.82) is 0 Å². The third-order valence-corrected chi connectivity index (χ3v) is 3.49. The van der Waals surface area contributed by atoms with Gasteiger partial charge in [0.05, 0.1) is 31.8 Å². The second kappa shape index (κ2) is 6.22. The van der Waals surface area contributed by atoms with Crippen LogP contribution in [-0.2, 0) is 11.2 Å². The zero-order valence-corrected chi connectivity index (χ0v) is 13.0. The Morgan fingerprint density at radius 1 is 1.20 bits per heavy atom. The van der Waals surface area contributed by atoms with Gasteiger partial charge in [-0.1, -0.05) is 11.6 Å². The van der Waals surface area contributed by atoms with Gasteiger partial charge in [-0.2, -0.15) is 0 Å². The fraction of sp³-hybridized carbons (Fsp3) is 0.500. The van der Waals surface area contributed by atoms with Crippen LogP contribution in [0.5, 0.6) is 17.2 Å². The Morgan fingerprint density at radius 2 is 1.75 bits per heavy atom. The van der Waals surface area contributed by atoms with E-state index >= 15 is 0 Å². The second-order valence-electron chi connectivity index (χ2n) is 4.97. The molecule has 1 aromatic carbocycles. The summed E-state index contributed by atoms with van der Waals surface area (Å²) in [5, 5.41) is 9.55. The van der Waals surface area contributed by atoms with E-state index in [0.717, 1.165) is 0 Å². The quantitative estimate of drug-likeness (QED) is 0.875. The lowest BCUT2D eigenvalue weighted by Gasteiger charge is -2.23. The largest absolute Gasteiger partial charge is 0.496 e. The van der Waals surface area contributed by atoms with Crippen LogP contribution in [0.1, 0.15) is 19.4 Å². The maximum absolute atomic E-state index is 11.3.